The van der Waals surface area contributed by atoms with Gasteiger partial charge in [0.15, 0.2) is 0 Å². The highest BCUT2D eigenvalue weighted by Crippen LogP contribution is 2.30. The summed E-state index contributed by atoms with van der Waals surface area (Å²) in [7, 11) is 0. The van der Waals surface area contributed by atoms with Crippen molar-refractivity contribution < 1.29 is 13.2 Å². The van der Waals surface area contributed by atoms with Crippen molar-refractivity contribution >= 4 is 15.9 Å². The number of benzene rings is 1. The standard InChI is InChI=1S/C14H14BrF3N2/c1-9(2)13-10(7-15)8-19-20(13)12-5-3-11(4-6-12)14(16,17)18/h3-6,8-9H,7H2,1-2H3. The summed E-state index contributed by atoms with van der Waals surface area (Å²) in [5, 5.41) is 4.94. The third-order valence-electron chi connectivity index (χ3n) is 3.02. The summed E-state index contributed by atoms with van der Waals surface area (Å²) in [6.07, 6.45) is -2.58. The molecule has 0 aliphatic rings. The van der Waals surface area contributed by atoms with Crippen LogP contribution in [-0.4, -0.2) is 9.78 Å². The van der Waals surface area contributed by atoms with Crippen molar-refractivity contribution in [3.8, 4) is 5.69 Å². The Morgan fingerprint density at radius 2 is 1.80 bits per heavy atom. The van der Waals surface area contributed by atoms with Crippen LogP contribution in [0.25, 0.3) is 5.69 Å². The van der Waals surface area contributed by atoms with E-state index in [-0.39, 0.29) is 5.92 Å². The van der Waals surface area contributed by atoms with E-state index in [9.17, 15) is 13.2 Å². The largest absolute Gasteiger partial charge is 0.416 e. The SMILES string of the molecule is CC(C)c1c(CBr)cnn1-c1ccc(C(F)(F)F)cc1. The normalized spacial score (nSPS) is 12.2. The van der Waals surface area contributed by atoms with Gasteiger partial charge in [-0.2, -0.15) is 18.3 Å². The first-order valence-electron chi connectivity index (χ1n) is 6.15. The van der Waals surface area contributed by atoms with Crippen molar-refractivity contribution in [3.63, 3.8) is 0 Å². The lowest BCUT2D eigenvalue weighted by Gasteiger charge is -2.13. The van der Waals surface area contributed by atoms with Gasteiger partial charge in [0, 0.05) is 10.9 Å². The van der Waals surface area contributed by atoms with Crippen molar-refractivity contribution in [3.05, 3.63) is 47.3 Å². The topological polar surface area (TPSA) is 17.8 Å². The molecule has 2 aromatic rings. The van der Waals surface area contributed by atoms with Crippen molar-refractivity contribution in [1.29, 1.82) is 0 Å². The third-order valence-corrected chi connectivity index (χ3v) is 3.62. The van der Waals surface area contributed by atoms with E-state index in [1.54, 1.807) is 10.9 Å². The van der Waals surface area contributed by atoms with Gasteiger partial charge >= 0.3 is 6.18 Å². The molecule has 6 heteroatoms. The Labute approximate surface area is 123 Å². The Morgan fingerprint density at radius 1 is 1.20 bits per heavy atom. The first-order valence-corrected chi connectivity index (χ1v) is 7.27. The van der Waals surface area contributed by atoms with Crippen molar-refractivity contribution in [1.82, 2.24) is 9.78 Å². The number of alkyl halides is 4. The Kier molecular flexibility index (Phi) is 4.22. The van der Waals surface area contributed by atoms with Crippen molar-refractivity contribution in [2.45, 2.75) is 31.3 Å². The molecule has 2 rings (SSSR count). The Bertz CT molecular complexity index is 585. The monoisotopic (exact) mass is 346 g/mol. The van der Waals surface area contributed by atoms with Crippen LogP contribution in [0.3, 0.4) is 0 Å². The van der Waals surface area contributed by atoms with Crippen LogP contribution in [-0.2, 0) is 11.5 Å². The molecule has 1 heterocycles. The molecule has 0 radical (unpaired) electrons. The highest BCUT2D eigenvalue weighted by molar-refractivity contribution is 9.08. The van der Waals surface area contributed by atoms with Gasteiger partial charge in [-0.3, -0.25) is 0 Å². The number of aromatic nitrogens is 2. The van der Waals surface area contributed by atoms with Crippen LogP contribution in [0.5, 0.6) is 0 Å². The molecule has 0 saturated carbocycles. The summed E-state index contributed by atoms with van der Waals surface area (Å²) in [5.74, 6) is 0.229. The molecule has 108 valence electrons. The Hall–Kier alpha value is -1.30. The predicted octanol–water partition coefficient (Wildman–Crippen LogP) is 4.91. The van der Waals surface area contributed by atoms with Gasteiger partial charge < -0.3 is 0 Å². The molecule has 0 aliphatic heterocycles. The molecule has 2 nitrogen and oxygen atoms in total. The fourth-order valence-electron chi connectivity index (χ4n) is 2.11. The molecule has 0 unspecified atom stereocenters. The second-order valence-corrected chi connectivity index (χ2v) is 5.36. The fraction of sp³-hybridized carbons (Fsp3) is 0.357. The predicted molar refractivity (Wildman–Crippen MR) is 75.3 cm³/mol. The summed E-state index contributed by atoms with van der Waals surface area (Å²) in [6, 6.07) is 5.04. The Morgan fingerprint density at radius 3 is 2.25 bits per heavy atom. The van der Waals surface area contributed by atoms with Crippen molar-refractivity contribution in [2.75, 3.05) is 0 Å². The van der Waals surface area contributed by atoms with Crippen molar-refractivity contribution in [2.24, 2.45) is 0 Å². The van der Waals surface area contributed by atoms with E-state index < -0.39 is 11.7 Å². The number of hydrogen-bond acceptors (Lipinski definition) is 1. The molecule has 0 bridgehead atoms. The highest BCUT2D eigenvalue weighted by atomic mass is 79.9. The van der Waals surface area contributed by atoms with Crippen LogP contribution >= 0.6 is 15.9 Å². The second kappa shape index (κ2) is 5.60. The van der Waals surface area contributed by atoms with Crippen LogP contribution in [0.2, 0.25) is 0 Å². The molecule has 0 fully saturated rings. The fourth-order valence-corrected chi connectivity index (χ4v) is 2.54. The molecular formula is C14H14BrF3N2. The number of halogens is 4. The zero-order valence-corrected chi connectivity index (χ0v) is 12.7. The molecule has 1 aromatic heterocycles. The molecule has 0 N–H and O–H groups in total. The lowest BCUT2D eigenvalue weighted by Crippen LogP contribution is -2.07. The maximum Gasteiger partial charge on any atom is 0.416 e. The molecular weight excluding hydrogens is 333 g/mol. The van der Waals surface area contributed by atoms with Gasteiger partial charge in [-0.25, -0.2) is 4.68 Å². The summed E-state index contributed by atoms with van der Waals surface area (Å²) in [6.45, 7) is 4.06. The third kappa shape index (κ3) is 2.90. The smallest absolute Gasteiger partial charge is 0.237 e. The first kappa shape index (κ1) is 15.1. The van der Waals surface area contributed by atoms with Crippen LogP contribution in [0.15, 0.2) is 30.5 Å². The average Bonchev–Trinajstić information content (AvgIpc) is 2.81. The van der Waals surface area contributed by atoms with Gasteiger partial charge in [0.25, 0.3) is 0 Å². The summed E-state index contributed by atoms with van der Waals surface area (Å²) in [4.78, 5) is 0. The van der Waals surface area contributed by atoms with Gasteiger partial charge in [0.2, 0.25) is 0 Å². The van der Waals surface area contributed by atoms with Gasteiger partial charge in [-0.1, -0.05) is 29.8 Å². The summed E-state index contributed by atoms with van der Waals surface area (Å²) in [5.41, 5.74) is 2.02. The molecule has 0 saturated heterocycles. The lowest BCUT2D eigenvalue weighted by atomic mass is 10.1. The maximum absolute atomic E-state index is 12.6. The van der Waals surface area contributed by atoms with Gasteiger partial charge in [0.1, 0.15) is 0 Å². The molecule has 0 atom stereocenters. The molecule has 20 heavy (non-hydrogen) atoms. The van der Waals surface area contributed by atoms with E-state index in [2.05, 4.69) is 21.0 Å². The molecule has 0 spiro atoms. The maximum atomic E-state index is 12.6. The van der Waals surface area contributed by atoms with E-state index in [1.165, 1.54) is 12.1 Å². The minimum absolute atomic E-state index is 0.229. The molecule has 0 amide bonds. The van der Waals surface area contributed by atoms with E-state index in [0.29, 0.717) is 11.0 Å². The molecule has 0 aliphatic carbocycles. The van der Waals surface area contributed by atoms with Crippen LogP contribution < -0.4 is 0 Å². The number of nitrogens with zero attached hydrogens (tertiary/aromatic N) is 2. The van der Waals surface area contributed by atoms with E-state index >= 15 is 0 Å². The van der Waals surface area contributed by atoms with Gasteiger partial charge in [0.05, 0.1) is 23.1 Å². The zero-order chi connectivity index (χ0) is 14.9. The lowest BCUT2D eigenvalue weighted by molar-refractivity contribution is -0.137. The van der Waals surface area contributed by atoms with Crippen LogP contribution in [0.1, 0.15) is 36.6 Å². The Balaban J connectivity index is 2.45. The quantitative estimate of drug-likeness (QED) is 0.722. The van der Waals surface area contributed by atoms with Crippen LogP contribution in [0.4, 0.5) is 13.2 Å². The number of hydrogen-bond donors (Lipinski definition) is 0. The van der Waals surface area contributed by atoms with Crippen LogP contribution in [0, 0.1) is 0 Å². The number of rotatable bonds is 3. The van der Waals surface area contributed by atoms with E-state index in [4.69, 9.17) is 0 Å². The van der Waals surface area contributed by atoms with Gasteiger partial charge in [-0.15, -0.1) is 0 Å². The van der Waals surface area contributed by atoms with Gasteiger partial charge in [-0.05, 0) is 30.2 Å². The minimum Gasteiger partial charge on any atom is -0.237 e. The second-order valence-electron chi connectivity index (χ2n) is 4.80. The average molecular weight is 347 g/mol. The summed E-state index contributed by atoms with van der Waals surface area (Å²) < 4.78 is 39.4. The highest BCUT2D eigenvalue weighted by Gasteiger charge is 2.30. The van der Waals surface area contributed by atoms with E-state index in [1.807, 2.05) is 13.8 Å². The zero-order valence-electron chi connectivity index (χ0n) is 11.1. The van der Waals surface area contributed by atoms with E-state index in [0.717, 1.165) is 23.4 Å². The molecule has 1 aromatic carbocycles. The first-order chi connectivity index (χ1) is 9.34. The minimum atomic E-state index is -4.31. The summed E-state index contributed by atoms with van der Waals surface area (Å²) >= 11 is 3.40.